The van der Waals surface area contributed by atoms with Crippen LogP contribution in [0, 0.1) is 0 Å². The summed E-state index contributed by atoms with van der Waals surface area (Å²) in [5.74, 6) is 1.74. The Bertz CT molecular complexity index is 391. The molecule has 1 fully saturated rings. The predicted octanol–water partition coefficient (Wildman–Crippen LogP) is 2.07. The van der Waals surface area contributed by atoms with Gasteiger partial charge in [0.15, 0.2) is 0 Å². The van der Waals surface area contributed by atoms with Gasteiger partial charge in [-0.15, -0.1) is 11.8 Å². The first-order chi connectivity index (χ1) is 7.18. The van der Waals surface area contributed by atoms with Crippen molar-refractivity contribution in [1.29, 1.82) is 0 Å². The van der Waals surface area contributed by atoms with E-state index < -0.39 is 0 Å². The van der Waals surface area contributed by atoms with Gasteiger partial charge in [-0.25, -0.2) is 0 Å². The maximum atomic E-state index is 12.0. The largest absolute Gasteiger partial charge is 0.398 e. The van der Waals surface area contributed by atoms with Gasteiger partial charge in [0.25, 0.3) is 5.91 Å². The van der Waals surface area contributed by atoms with E-state index in [1.165, 1.54) is 0 Å². The molecule has 1 aliphatic rings. The standard InChI is InChI=1S/C10H11ClN2OS/c11-7-1-2-8(9(12)5-7)10(14)13-3-4-15-6-13/h1-2,5H,3-4,6,12H2. The molecule has 0 radical (unpaired) electrons. The van der Waals surface area contributed by atoms with Gasteiger partial charge in [0.2, 0.25) is 0 Å². The monoisotopic (exact) mass is 242 g/mol. The van der Waals surface area contributed by atoms with Crippen molar-refractivity contribution in [3.8, 4) is 0 Å². The molecule has 0 aromatic heterocycles. The number of rotatable bonds is 1. The van der Waals surface area contributed by atoms with Crippen LogP contribution in [0.4, 0.5) is 5.69 Å². The molecule has 1 saturated heterocycles. The van der Waals surface area contributed by atoms with Crippen LogP contribution in [0.25, 0.3) is 0 Å². The minimum absolute atomic E-state index is 0.00540. The molecular formula is C10H11ClN2OS. The lowest BCUT2D eigenvalue weighted by molar-refractivity contribution is 0.0804. The maximum absolute atomic E-state index is 12.0. The summed E-state index contributed by atoms with van der Waals surface area (Å²) in [5.41, 5.74) is 6.74. The van der Waals surface area contributed by atoms with Gasteiger partial charge >= 0.3 is 0 Å². The molecule has 1 amide bonds. The molecule has 5 heteroatoms. The van der Waals surface area contributed by atoms with Gasteiger partial charge in [0.1, 0.15) is 0 Å². The molecule has 1 heterocycles. The minimum atomic E-state index is -0.00540. The van der Waals surface area contributed by atoms with Gasteiger partial charge in [-0.1, -0.05) is 11.6 Å². The Kier molecular flexibility index (Phi) is 3.07. The smallest absolute Gasteiger partial charge is 0.256 e. The van der Waals surface area contributed by atoms with Crippen LogP contribution >= 0.6 is 23.4 Å². The molecule has 0 saturated carbocycles. The number of nitrogen functional groups attached to an aromatic ring is 1. The zero-order chi connectivity index (χ0) is 10.8. The Morgan fingerprint density at radius 1 is 1.53 bits per heavy atom. The van der Waals surface area contributed by atoms with Crippen LogP contribution in [0.2, 0.25) is 5.02 Å². The minimum Gasteiger partial charge on any atom is -0.398 e. The Labute approximate surface area is 97.6 Å². The molecular weight excluding hydrogens is 232 g/mol. The third-order valence-corrected chi connectivity index (χ3v) is 3.48. The second-order valence-electron chi connectivity index (χ2n) is 3.34. The van der Waals surface area contributed by atoms with Crippen molar-refractivity contribution in [3.63, 3.8) is 0 Å². The van der Waals surface area contributed by atoms with Crippen LogP contribution < -0.4 is 5.73 Å². The number of anilines is 1. The normalized spacial score (nSPS) is 15.7. The van der Waals surface area contributed by atoms with Crippen molar-refractivity contribution in [1.82, 2.24) is 4.90 Å². The molecule has 2 N–H and O–H groups in total. The first-order valence-corrected chi connectivity index (χ1v) is 6.14. The lowest BCUT2D eigenvalue weighted by Gasteiger charge is -2.15. The molecule has 1 aromatic rings. The average Bonchev–Trinajstić information content (AvgIpc) is 2.69. The fourth-order valence-electron chi connectivity index (χ4n) is 1.47. The van der Waals surface area contributed by atoms with Crippen molar-refractivity contribution < 1.29 is 4.79 Å². The fourth-order valence-corrected chi connectivity index (χ4v) is 2.60. The van der Waals surface area contributed by atoms with E-state index in [0.717, 1.165) is 18.2 Å². The van der Waals surface area contributed by atoms with Gasteiger partial charge in [0, 0.05) is 23.0 Å². The SMILES string of the molecule is Nc1cc(Cl)ccc1C(=O)N1CCSC1. The molecule has 2 rings (SSSR count). The van der Waals surface area contributed by atoms with Gasteiger partial charge < -0.3 is 10.6 Å². The summed E-state index contributed by atoms with van der Waals surface area (Å²) in [6.45, 7) is 0.797. The van der Waals surface area contributed by atoms with Gasteiger partial charge in [0.05, 0.1) is 11.4 Å². The van der Waals surface area contributed by atoms with E-state index in [2.05, 4.69) is 0 Å². The first-order valence-electron chi connectivity index (χ1n) is 4.60. The summed E-state index contributed by atoms with van der Waals surface area (Å²) >= 11 is 7.52. The van der Waals surface area contributed by atoms with Crippen LogP contribution in [0.5, 0.6) is 0 Å². The van der Waals surface area contributed by atoms with E-state index >= 15 is 0 Å². The Balaban J connectivity index is 2.24. The molecule has 80 valence electrons. The van der Waals surface area contributed by atoms with E-state index in [9.17, 15) is 4.79 Å². The second kappa shape index (κ2) is 4.33. The maximum Gasteiger partial charge on any atom is 0.256 e. The molecule has 0 spiro atoms. The first kappa shape index (κ1) is 10.6. The summed E-state index contributed by atoms with van der Waals surface area (Å²) in [6.07, 6.45) is 0. The Morgan fingerprint density at radius 2 is 2.33 bits per heavy atom. The van der Waals surface area contributed by atoms with E-state index in [-0.39, 0.29) is 5.91 Å². The summed E-state index contributed by atoms with van der Waals surface area (Å²) < 4.78 is 0. The quantitative estimate of drug-likeness (QED) is 0.767. The molecule has 3 nitrogen and oxygen atoms in total. The van der Waals surface area contributed by atoms with E-state index in [0.29, 0.717) is 16.3 Å². The summed E-state index contributed by atoms with van der Waals surface area (Å²) in [7, 11) is 0. The van der Waals surface area contributed by atoms with Crippen LogP contribution in [-0.4, -0.2) is 29.0 Å². The molecule has 1 aromatic carbocycles. The van der Waals surface area contributed by atoms with Crippen LogP contribution in [-0.2, 0) is 0 Å². The lowest BCUT2D eigenvalue weighted by atomic mass is 10.1. The zero-order valence-electron chi connectivity index (χ0n) is 8.07. The number of nitrogens with two attached hydrogens (primary N) is 1. The van der Waals surface area contributed by atoms with E-state index in [1.807, 2.05) is 0 Å². The zero-order valence-corrected chi connectivity index (χ0v) is 9.64. The lowest BCUT2D eigenvalue weighted by Crippen LogP contribution is -2.28. The van der Waals surface area contributed by atoms with Crippen LogP contribution in [0.15, 0.2) is 18.2 Å². The van der Waals surface area contributed by atoms with Crippen molar-refractivity contribution in [2.45, 2.75) is 0 Å². The van der Waals surface area contributed by atoms with Gasteiger partial charge in [-0.2, -0.15) is 0 Å². The van der Waals surface area contributed by atoms with Crippen molar-refractivity contribution >= 4 is 35.0 Å². The van der Waals surface area contributed by atoms with Crippen LogP contribution in [0.3, 0.4) is 0 Å². The van der Waals surface area contributed by atoms with Crippen LogP contribution in [0.1, 0.15) is 10.4 Å². The number of carbonyl (C=O) groups is 1. The highest BCUT2D eigenvalue weighted by atomic mass is 35.5. The number of halogens is 1. The highest BCUT2D eigenvalue weighted by Crippen LogP contribution is 2.22. The van der Waals surface area contributed by atoms with Crippen molar-refractivity contribution in [2.75, 3.05) is 23.9 Å². The number of nitrogens with zero attached hydrogens (tertiary/aromatic N) is 1. The highest BCUT2D eigenvalue weighted by Gasteiger charge is 2.21. The molecule has 0 unspecified atom stereocenters. The van der Waals surface area contributed by atoms with Gasteiger partial charge in [-0.05, 0) is 18.2 Å². The van der Waals surface area contributed by atoms with Crippen molar-refractivity contribution in [2.24, 2.45) is 0 Å². The molecule has 15 heavy (non-hydrogen) atoms. The predicted molar refractivity (Wildman–Crippen MR) is 64.2 cm³/mol. The summed E-state index contributed by atoms with van der Waals surface area (Å²) in [5, 5.41) is 0.555. The van der Waals surface area contributed by atoms with E-state index in [4.69, 9.17) is 17.3 Å². The second-order valence-corrected chi connectivity index (χ2v) is 4.85. The van der Waals surface area contributed by atoms with Gasteiger partial charge in [-0.3, -0.25) is 4.79 Å². The third-order valence-electron chi connectivity index (χ3n) is 2.28. The number of hydrogen-bond acceptors (Lipinski definition) is 3. The summed E-state index contributed by atoms with van der Waals surface area (Å²) in [6, 6.07) is 4.98. The molecule has 1 aliphatic heterocycles. The molecule has 0 atom stereocenters. The number of hydrogen-bond donors (Lipinski definition) is 1. The Hall–Kier alpha value is -0.870. The number of benzene rings is 1. The number of amides is 1. The number of thioether (sulfide) groups is 1. The van der Waals surface area contributed by atoms with Crippen molar-refractivity contribution in [3.05, 3.63) is 28.8 Å². The van der Waals surface area contributed by atoms with E-state index in [1.54, 1.807) is 34.9 Å². The summed E-state index contributed by atoms with van der Waals surface area (Å²) in [4.78, 5) is 13.8. The highest BCUT2D eigenvalue weighted by molar-refractivity contribution is 7.99. The molecule has 0 aliphatic carbocycles. The molecule has 0 bridgehead atoms. The third kappa shape index (κ3) is 2.21. The fraction of sp³-hybridized carbons (Fsp3) is 0.300. The number of carbonyl (C=O) groups excluding carboxylic acids is 1. The average molecular weight is 243 g/mol. The topological polar surface area (TPSA) is 46.3 Å². The Morgan fingerprint density at radius 3 is 2.93 bits per heavy atom.